The third-order valence-electron chi connectivity index (χ3n) is 3.66. The third kappa shape index (κ3) is 3.46. The molecule has 1 aromatic heterocycles. The molecule has 0 unspecified atom stereocenters. The third-order valence-corrected chi connectivity index (χ3v) is 3.66. The molecule has 0 spiro atoms. The van der Waals surface area contributed by atoms with E-state index in [0.717, 1.165) is 11.1 Å². The number of methoxy groups -OCH3 is 1. The molecule has 0 atom stereocenters. The standard InChI is InChI=1S/C19H17N3O4/c1-12-7-6-8-13(11-12)17-20-21-18(26-17)15-10-5-4-9-14(15)16(22-25-3)19(23)24-2/h4-11H,1-3H3. The van der Waals surface area contributed by atoms with Crippen molar-refractivity contribution in [3.63, 3.8) is 0 Å². The van der Waals surface area contributed by atoms with Crippen molar-refractivity contribution in [1.29, 1.82) is 0 Å². The highest BCUT2D eigenvalue weighted by Crippen LogP contribution is 2.27. The Hall–Kier alpha value is -3.48. The molecule has 0 aliphatic carbocycles. The van der Waals surface area contributed by atoms with Gasteiger partial charge < -0.3 is 14.0 Å². The molecule has 7 nitrogen and oxygen atoms in total. The Labute approximate surface area is 150 Å². The van der Waals surface area contributed by atoms with Crippen LogP contribution >= 0.6 is 0 Å². The normalized spacial score (nSPS) is 11.3. The van der Waals surface area contributed by atoms with Crippen LogP contribution in [0.2, 0.25) is 0 Å². The molecule has 132 valence electrons. The van der Waals surface area contributed by atoms with E-state index in [1.807, 2.05) is 31.2 Å². The SMILES string of the molecule is CON=C(C(=O)OC)c1ccccc1-c1nnc(-c2cccc(C)c2)o1. The van der Waals surface area contributed by atoms with Crippen LogP contribution in [-0.2, 0) is 14.4 Å². The van der Waals surface area contributed by atoms with Crippen molar-refractivity contribution in [2.45, 2.75) is 6.92 Å². The molecule has 0 radical (unpaired) electrons. The quantitative estimate of drug-likeness (QED) is 0.398. The topological polar surface area (TPSA) is 86.8 Å². The predicted octanol–water partition coefficient (Wildman–Crippen LogP) is 3.24. The van der Waals surface area contributed by atoms with Crippen molar-refractivity contribution in [1.82, 2.24) is 10.2 Å². The molecule has 0 amide bonds. The number of aryl methyl sites for hydroxylation is 1. The number of aromatic nitrogens is 2. The lowest BCUT2D eigenvalue weighted by molar-refractivity contribution is -0.132. The first kappa shape index (κ1) is 17.3. The van der Waals surface area contributed by atoms with E-state index in [0.29, 0.717) is 17.0 Å². The average Bonchev–Trinajstić information content (AvgIpc) is 3.15. The van der Waals surface area contributed by atoms with E-state index in [4.69, 9.17) is 14.0 Å². The molecule has 0 saturated heterocycles. The lowest BCUT2D eigenvalue weighted by atomic mass is 10.0. The van der Waals surface area contributed by atoms with Crippen LogP contribution in [0.15, 0.2) is 58.1 Å². The summed E-state index contributed by atoms with van der Waals surface area (Å²) in [6.07, 6.45) is 0. The van der Waals surface area contributed by atoms with Crippen molar-refractivity contribution in [3.8, 4) is 22.9 Å². The minimum atomic E-state index is -0.627. The van der Waals surface area contributed by atoms with Crippen molar-refractivity contribution < 1.29 is 18.8 Å². The second kappa shape index (κ2) is 7.60. The van der Waals surface area contributed by atoms with Crippen LogP contribution < -0.4 is 0 Å². The first-order chi connectivity index (χ1) is 12.6. The minimum absolute atomic E-state index is 0.0147. The molecular weight excluding hydrogens is 334 g/mol. The zero-order chi connectivity index (χ0) is 18.5. The number of esters is 1. The van der Waals surface area contributed by atoms with Gasteiger partial charge in [-0.3, -0.25) is 0 Å². The van der Waals surface area contributed by atoms with E-state index in [1.54, 1.807) is 24.3 Å². The summed E-state index contributed by atoms with van der Waals surface area (Å²) in [6, 6.07) is 14.8. The summed E-state index contributed by atoms with van der Waals surface area (Å²) >= 11 is 0. The Morgan fingerprint density at radius 3 is 2.54 bits per heavy atom. The first-order valence-electron chi connectivity index (χ1n) is 7.84. The molecule has 2 aromatic carbocycles. The highest BCUT2D eigenvalue weighted by molar-refractivity contribution is 6.44. The van der Waals surface area contributed by atoms with Gasteiger partial charge in [-0.2, -0.15) is 0 Å². The van der Waals surface area contributed by atoms with Gasteiger partial charge in [-0.05, 0) is 25.1 Å². The number of hydrogen-bond donors (Lipinski definition) is 0. The van der Waals surface area contributed by atoms with Gasteiger partial charge in [0.2, 0.25) is 11.8 Å². The first-order valence-corrected chi connectivity index (χ1v) is 7.84. The van der Waals surface area contributed by atoms with Gasteiger partial charge in [0, 0.05) is 16.7 Å². The molecule has 0 aliphatic heterocycles. The smallest absolute Gasteiger partial charge is 0.360 e. The predicted molar refractivity (Wildman–Crippen MR) is 95.5 cm³/mol. The summed E-state index contributed by atoms with van der Waals surface area (Å²) in [5.41, 5.74) is 2.95. The summed E-state index contributed by atoms with van der Waals surface area (Å²) < 4.78 is 10.6. The molecule has 0 aliphatic rings. The number of carbonyl (C=O) groups is 1. The summed E-state index contributed by atoms with van der Waals surface area (Å²) in [4.78, 5) is 16.8. The number of hydrogen-bond acceptors (Lipinski definition) is 7. The Morgan fingerprint density at radius 2 is 1.81 bits per heavy atom. The number of rotatable bonds is 5. The van der Waals surface area contributed by atoms with E-state index < -0.39 is 5.97 Å². The lowest BCUT2D eigenvalue weighted by Crippen LogP contribution is -2.18. The van der Waals surface area contributed by atoms with Crippen molar-refractivity contribution in [2.24, 2.45) is 5.16 Å². The maximum Gasteiger partial charge on any atom is 0.360 e. The zero-order valence-corrected chi connectivity index (χ0v) is 14.6. The summed E-state index contributed by atoms with van der Waals surface area (Å²) in [7, 11) is 2.63. The Morgan fingerprint density at radius 1 is 1.04 bits per heavy atom. The summed E-state index contributed by atoms with van der Waals surface area (Å²) in [6.45, 7) is 1.99. The Bertz CT molecular complexity index is 963. The average molecular weight is 351 g/mol. The molecule has 0 N–H and O–H groups in total. The molecule has 0 fully saturated rings. The molecule has 1 heterocycles. The molecule has 7 heteroatoms. The monoisotopic (exact) mass is 351 g/mol. The molecule has 26 heavy (non-hydrogen) atoms. The van der Waals surface area contributed by atoms with Gasteiger partial charge in [0.1, 0.15) is 7.11 Å². The fourth-order valence-corrected chi connectivity index (χ4v) is 2.49. The van der Waals surface area contributed by atoms with E-state index >= 15 is 0 Å². The fraction of sp³-hybridized carbons (Fsp3) is 0.158. The van der Waals surface area contributed by atoms with Gasteiger partial charge in [0.05, 0.1) is 7.11 Å². The highest BCUT2D eigenvalue weighted by Gasteiger charge is 2.22. The number of ether oxygens (including phenoxy) is 1. The van der Waals surface area contributed by atoms with Crippen LogP contribution in [0.5, 0.6) is 0 Å². The minimum Gasteiger partial charge on any atom is -0.464 e. The van der Waals surface area contributed by atoms with Crippen molar-refractivity contribution >= 4 is 11.7 Å². The number of benzene rings is 2. The fourth-order valence-electron chi connectivity index (χ4n) is 2.49. The maximum atomic E-state index is 12.1. The van der Waals surface area contributed by atoms with Crippen LogP contribution in [0.25, 0.3) is 22.9 Å². The second-order valence-corrected chi connectivity index (χ2v) is 5.44. The van der Waals surface area contributed by atoms with Gasteiger partial charge in [0.15, 0.2) is 5.71 Å². The Kier molecular flexibility index (Phi) is 5.07. The number of carbonyl (C=O) groups excluding carboxylic acids is 1. The number of oxime groups is 1. The molecule has 3 rings (SSSR count). The molecule has 3 aromatic rings. The Balaban J connectivity index is 2.06. The van der Waals surface area contributed by atoms with Gasteiger partial charge in [-0.1, -0.05) is 41.1 Å². The summed E-state index contributed by atoms with van der Waals surface area (Å²) in [5.74, 6) is 0.0318. The zero-order valence-electron chi connectivity index (χ0n) is 14.6. The maximum absolute atomic E-state index is 12.1. The van der Waals surface area contributed by atoms with Crippen LogP contribution in [0.3, 0.4) is 0 Å². The lowest BCUT2D eigenvalue weighted by Gasteiger charge is -2.07. The van der Waals surface area contributed by atoms with E-state index in [2.05, 4.69) is 15.4 Å². The van der Waals surface area contributed by atoms with Crippen LogP contribution in [0, 0.1) is 6.92 Å². The second-order valence-electron chi connectivity index (χ2n) is 5.44. The molecule has 0 saturated carbocycles. The van der Waals surface area contributed by atoms with E-state index in [-0.39, 0.29) is 11.6 Å². The van der Waals surface area contributed by atoms with Gasteiger partial charge in [-0.15, -0.1) is 10.2 Å². The van der Waals surface area contributed by atoms with Crippen molar-refractivity contribution in [2.75, 3.05) is 14.2 Å². The number of nitrogens with zero attached hydrogens (tertiary/aromatic N) is 3. The van der Waals surface area contributed by atoms with E-state index in [9.17, 15) is 4.79 Å². The van der Waals surface area contributed by atoms with Crippen LogP contribution in [-0.4, -0.2) is 36.1 Å². The molecular formula is C19H17N3O4. The van der Waals surface area contributed by atoms with Crippen molar-refractivity contribution in [3.05, 3.63) is 59.7 Å². The van der Waals surface area contributed by atoms with Gasteiger partial charge in [-0.25, -0.2) is 4.79 Å². The largest absolute Gasteiger partial charge is 0.464 e. The highest BCUT2D eigenvalue weighted by atomic mass is 16.6. The van der Waals surface area contributed by atoms with Crippen LogP contribution in [0.4, 0.5) is 0 Å². The van der Waals surface area contributed by atoms with E-state index in [1.165, 1.54) is 14.2 Å². The van der Waals surface area contributed by atoms with Crippen LogP contribution in [0.1, 0.15) is 11.1 Å². The van der Waals surface area contributed by atoms with Gasteiger partial charge >= 0.3 is 5.97 Å². The van der Waals surface area contributed by atoms with Gasteiger partial charge in [0.25, 0.3) is 0 Å². The summed E-state index contributed by atoms with van der Waals surface area (Å²) in [5, 5.41) is 12.0. The molecule has 0 bridgehead atoms.